The number of hydrogen-bond donors (Lipinski definition) is 0. The standard InChI is InChI=1S/C16H19N5OS/c1-11(2)16-18-17-15-10-20(5-6-21(15)16)9-12-8-13(22-19-12)14-4-3-7-23-14/h3-4,7-8,11H,5-6,9-10H2,1-2H3. The predicted octanol–water partition coefficient (Wildman–Crippen LogP) is 3.13. The maximum atomic E-state index is 5.46. The van der Waals surface area contributed by atoms with E-state index in [-0.39, 0.29) is 0 Å². The lowest BCUT2D eigenvalue weighted by atomic mass is 10.2. The lowest BCUT2D eigenvalue weighted by Crippen LogP contribution is -2.34. The van der Waals surface area contributed by atoms with Gasteiger partial charge in [0.2, 0.25) is 0 Å². The molecular weight excluding hydrogens is 310 g/mol. The van der Waals surface area contributed by atoms with Gasteiger partial charge in [-0.15, -0.1) is 21.5 Å². The second-order valence-electron chi connectivity index (χ2n) is 6.15. The zero-order chi connectivity index (χ0) is 15.8. The van der Waals surface area contributed by atoms with Gasteiger partial charge in [-0.1, -0.05) is 25.1 Å². The molecule has 23 heavy (non-hydrogen) atoms. The van der Waals surface area contributed by atoms with Crippen LogP contribution in [0.2, 0.25) is 0 Å². The highest BCUT2D eigenvalue weighted by Crippen LogP contribution is 2.26. The fourth-order valence-electron chi connectivity index (χ4n) is 2.94. The molecule has 0 aromatic carbocycles. The van der Waals surface area contributed by atoms with Crippen molar-refractivity contribution in [3.8, 4) is 10.6 Å². The van der Waals surface area contributed by atoms with E-state index in [4.69, 9.17) is 4.52 Å². The van der Waals surface area contributed by atoms with Gasteiger partial charge in [-0.3, -0.25) is 4.90 Å². The number of fused-ring (bicyclic) bond motifs is 1. The maximum Gasteiger partial charge on any atom is 0.177 e. The van der Waals surface area contributed by atoms with Crippen LogP contribution >= 0.6 is 11.3 Å². The number of hydrogen-bond acceptors (Lipinski definition) is 6. The van der Waals surface area contributed by atoms with Crippen molar-refractivity contribution in [3.05, 3.63) is 40.9 Å². The molecule has 0 radical (unpaired) electrons. The molecule has 0 N–H and O–H groups in total. The zero-order valence-corrected chi connectivity index (χ0v) is 14.1. The fraction of sp³-hybridized carbons (Fsp3) is 0.438. The van der Waals surface area contributed by atoms with E-state index in [1.165, 1.54) is 0 Å². The van der Waals surface area contributed by atoms with Crippen LogP contribution in [0.3, 0.4) is 0 Å². The fourth-order valence-corrected chi connectivity index (χ4v) is 3.62. The molecule has 3 aromatic rings. The van der Waals surface area contributed by atoms with Crippen LogP contribution in [-0.2, 0) is 19.6 Å². The first kappa shape index (κ1) is 14.6. The molecule has 0 saturated carbocycles. The van der Waals surface area contributed by atoms with Crippen LogP contribution in [0.15, 0.2) is 28.1 Å². The zero-order valence-electron chi connectivity index (χ0n) is 13.3. The minimum Gasteiger partial charge on any atom is -0.355 e. The quantitative estimate of drug-likeness (QED) is 0.736. The van der Waals surface area contributed by atoms with E-state index in [1.54, 1.807) is 11.3 Å². The van der Waals surface area contributed by atoms with Crippen molar-refractivity contribution in [2.24, 2.45) is 0 Å². The molecule has 1 aliphatic heterocycles. The van der Waals surface area contributed by atoms with E-state index in [0.717, 1.165) is 54.2 Å². The summed E-state index contributed by atoms with van der Waals surface area (Å²) in [7, 11) is 0. The smallest absolute Gasteiger partial charge is 0.177 e. The lowest BCUT2D eigenvalue weighted by Gasteiger charge is -2.27. The Balaban J connectivity index is 1.46. The highest BCUT2D eigenvalue weighted by Gasteiger charge is 2.23. The molecule has 0 fully saturated rings. The van der Waals surface area contributed by atoms with E-state index in [2.05, 4.69) is 38.7 Å². The minimum atomic E-state index is 0.409. The van der Waals surface area contributed by atoms with Crippen molar-refractivity contribution in [1.82, 2.24) is 24.8 Å². The molecule has 0 unspecified atom stereocenters. The van der Waals surface area contributed by atoms with Gasteiger partial charge in [0.15, 0.2) is 5.76 Å². The number of aromatic nitrogens is 4. The van der Waals surface area contributed by atoms with Gasteiger partial charge >= 0.3 is 0 Å². The van der Waals surface area contributed by atoms with Crippen LogP contribution < -0.4 is 0 Å². The van der Waals surface area contributed by atoms with Crippen LogP contribution in [-0.4, -0.2) is 31.4 Å². The van der Waals surface area contributed by atoms with Crippen molar-refractivity contribution in [1.29, 1.82) is 0 Å². The van der Waals surface area contributed by atoms with Gasteiger partial charge in [-0.25, -0.2) is 0 Å². The summed E-state index contributed by atoms with van der Waals surface area (Å²) in [6.45, 7) is 7.81. The summed E-state index contributed by atoms with van der Waals surface area (Å²) in [6.07, 6.45) is 0. The molecule has 0 saturated heterocycles. The highest BCUT2D eigenvalue weighted by atomic mass is 32.1. The van der Waals surface area contributed by atoms with E-state index in [0.29, 0.717) is 5.92 Å². The van der Waals surface area contributed by atoms with E-state index in [1.807, 2.05) is 23.6 Å². The molecule has 1 aliphatic rings. The monoisotopic (exact) mass is 329 g/mol. The van der Waals surface area contributed by atoms with Crippen molar-refractivity contribution in [3.63, 3.8) is 0 Å². The first-order valence-corrected chi connectivity index (χ1v) is 8.72. The second kappa shape index (κ2) is 5.90. The summed E-state index contributed by atoms with van der Waals surface area (Å²) < 4.78 is 7.71. The summed E-state index contributed by atoms with van der Waals surface area (Å²) in [5.41, 5.74) is 0.963. The molecule has 0 amide bonds. The number of nitrogens with zero attached hydrogens (tertiary/aromatic N) is 5. The average molecular weight is 329 g/mol. The average Bonchev–Trinajstić information content (AvgIpc) is 3.27. The number of thiophene rings is 1. The Morgan fingerprint density at radius 3 is 3.00 bits per heavy atom. The van der Waals surface area contributed by atoms with Crippen molar-refractivity contribution < 1.29 is 4.52 Å². The van der Waals surface area contributed by atoms with Gasteiger partial charge in [0.05, 0.1) is 17.1 Å². The predicted molar refractivity (Wildman–Crippen MR) is 88.0 cm³/mol. The van der Waals surface area contributed by atoms with Gasteiger partial charge < -0.3 is 9.09 Å². The molecule has 0 bridgehead atoms. The largest absolute Gasteiger partial charge is 0.355 e. The van der Waals surface area contributed by atoms with Crippen LogP contribution in [0.4, 0.5) is 0 Å². The van der Waals surface area contributed by atoms with Crippen molar-refractivity contribution in [2.75, 3.05) is 6.54 Å². The molecular formula is C16H19N5OS. The van der Waals surface area contributed by atoms with Crippen molar-refractivity contribution in [2.45, 2.75) is 39.4 Å². The third kappa shape index (κ3) is 2.82. The summed E-state index contributed by atoms with van der Waals surface area (Å²) >= 11 is 1.66. The molecule has 0 atom stereocenters. The SMILES string of the molecule is CC(C)c1nnc2n1CCN(Cc1cc(-c3cccs3)on1)C2. The van der Waals surface area contributed by atoms with Crippen LogP contribution in [0.5, 0.6) is 0 Å². The van der Waals surface area contributed by atoms with Gasteiger partial charge in [0.25, 0.3) is 0 Å². The summed E-state index contributed by atoms with van der Waals surface area (Å²) in [6, 6.07) is 6.10. The Hall–Kier alpha value is -1.99. The highest BCUT2D eigenvalue weighted by molar-refractivity contribution is 7.13. The normalized spacial score (nSPS) is 15.3. The molecule has 0 aliphatic carbocycles. The molecule has 0 spiro atoms. The topological polar surface area (TPSA) is 60.0 Å². The van der Waals surface area contributed by atoms with Gasteiger partial charge in [0.1, 0.15) is 11.6 Å². The lowest BCUT2D eigenvalue weighted by molar-refractivity contribution is 0.201. The first-order chi connectivity index (χ1) is 11.2. The third-order valence-electron chi connectivity index (χ3n) is 4.09. The van der Waals surface area contributed by atoms with Crippen LogP contribution in [0.25, 0.3) is 10.6 Å². The molecule has 120 valence electrons. The Morgan fingerprint density at radius 1 is 1.30 bits per heavy atom. The second-order valence-corrected chi connectivity index (χ2v) is 7.10. The van der Waals surface area contributed by atoms with Crippen molar-refractivity contribution >= 4 is 11.3 Å². The van der Waals surface area contributed by atoms with E-state index in [9.17, 15) is 0 Å². The Morgan fingerprint density at radius 2 is 2.22 bits per heavy atom. The molecule has 4 rings (SSSR count). The van der Waals surface area contributed by atoms with E-state index < -0.39 is 0 Å². The summed E-state index contributed by atoms with van der Waals surface area (Å²) in [4.78, 5) is 3.45. The molecule has 6 nitrogen and oxygen atoms in total. The maximum absolute atomic E-state index is 5.46. The van der Waals surface area contributed by atoms with Gasteiger partial charge in [0, 0.05) is 31.6 Å². The minimum absolute atomic E-state index is 0.409. The summed E-state index contributed by atoms with van der Waals surface area (Å²) in [5.74, 6) is 3.38. The third-order valence-corrected chi connectivity index (χ3v) is 4.97. The van der Waals surface area contributed by atoms with Gasteiger partial charge in [-0.05, 0) is 11.4 Å². The molecule has 3 aromatic heterocycles. The number of rotatable bonds is 4. The van der Waals surface area contributed by atoms with Crippen LogP contribution in [0.1, 0.15) is 37.1 Å². The summed E-state index contributed by atoms with van der Waals surface area (Å²) in [5, 5.41) is 14.9. The molecule has 7 heteroatoms. The molecule has 4 heterocycles. The Kier molecular flexibility index (Phi) is 3.74. The Labute approximate surface area is 138 Å². The van der Waals surface area contributed by atoms with Crippen LogP contribution in [0, 0.1) is 0 Å². The van der Waals surface area contributed by atoms with E-state index >= 15 is 0 Å². The van der Waals surface area contributed by atoms with Gasteiger partial charge in [-0.2, -0.15) is 0 Å². The Bertz CT molecular complexity index is 789. The first-order valence-electron chi connectivity index (χ1n) is 7.84.